The monoisotopic (exact) mass is 297 g/mol. The Morgan fingerprint density at radius 1 is 1.19 bits per heavy atom. The zero-order chi connectivity index (χ0) is 15.7. The van der Waals surface area contributed by atoms with Crippen molar-refractivity contribution in [1.82, 2.24) is 0 Å². The zero-order valence-electron chi connectivity index (χ0n) is 13.4. The van der Waals surface area contributed by atoms with E-state index in [2.05, 4.69) is 13.8 Å². The third kappa shape index (κ3) is 6.91. The topological polar surface area (TPSA) is 44.5 Å². The highest BCUT2D eigenvalue weighted by Crippen LogP contribution is 2.24. The summed E-state index contributed by atoms with van der Waals surface area (Å²) in [6, 6.07) is 5.00. The molecule has 4 heteroatoms. The third-order valence-corrected chi connectivity index (χ3v) is 3.37. The fourth-order valence-corrected chi connectivity index (χ4v) is 1.93. The first kappa shape index (κ1) is 17.9. The molecule has 0 fully saturated rings. The van der Waals surface area contributed by atoms with Gasteiger partial charge in [-0.3, -0.25) is 0 Å². The first-order valence-corrected chi connectivity index (χ1v) is 7.78. The number of halogens is 1. The molecule has 0 saturated heterocycles. The Labute approximate surface area is 127 Å². The van der Waals surface area contributed by atoms with Gasteiger partial charge in [-0.05, 0) is 36.8 Å². The number of hydrogen-bond acceptors (Lipinski definition) is 3. The van der Waals surface area contributed by atoms with Crippen molar-refractivity contribution in [2.75, 3.05) is 19.8 Å². The van der Waals surface area contributed by atoms with E-state index in [9.17, 15) is 4.39 Å². The van der Waals surface area contributed by atoms with Crippen molar-refractivity contribution in [1.29, 1.82) is 0 Å². The van der Waals surface area contributed by atoms with E-state index < -0.39 is 0 Å². The van der Waals surface area contributed by atoms with E-state index in [1.165, 1.54) is 6.07 Å². The van der Waals surface area contributed by atoms with Gasteiger partial charge in [0.25, 0.3) is 0 Å². The molecule has 0 saturated carbocycles. The van der Waals surface area contributed by atoms with Crippen LogP contribution in [0.1, 0.15) is 39.2 Å². The lowest BCUT2D eigenvalue weighted by Gasteiger charge is -2.15. The minimum atomic E-state index is -0.335. The molecule has 0 aliphatic carbocycles. The second-order valence-electron chi connectivity index (χ2n) is 5.74. The fourth-order valence-electron chi connectivity index (χ4n) is 1.93. The maximum absolute atomic E-state index is 13.9. The van der Waals surface area contributed by atoms with Crippen LogP contribution in [0, 0.1) is 11.7 Å². The lowest BCUT2D eigenvalue weighted by atomic mass is 10.0. The molecule has 21 heavy (non-hydrogen) atoms. The standard InChI is InChI=1S/C17H28FNO2/c1-4-15(19)12-14-6-5-7-16(18)17(14)21-11-10-20-9-8-13(2)3/h5-7,13,15H,4,8-12,19H2,1-3H3. The molecule has 0 amide bonds. The van der Waals surface area contributed by atoms with Gasteiger partial charge in [0.15, 0.2) is 11.6 Å². The smallest absolute Gasteiger partial charge is 0.165 e. The van der Waals surface area contributed by atoms with Crippen LogP contribution in [-0.4, -0.2) is 25.9 Å². The summed E-state index contributed by atoms with van der Waals surface area (Å²) in [5, 5.41) is 0. The van der Waals surface area contributed by atoms with Crippen LogP contribution in [0.5, 0.6) is 5.75 Å². The SMILES string of the molecule is CCC(N)Cc1cccc(F)c1OCCOCCC(C)C. The van der Waals surface area contributed by atoms with E-state index in [0.717, 1.165) is 18.4 Å². The third-order valence-electron chi connectivity index (χ3n) is 3.37. The van der Waals surface area contributed by atoms with Crippen LogP contribution in [0.25, 0.3) is 0 Å². The summed E-state index contributed by atoms with van der Waals surface area (Å²) >= 11 is 0. The van der Waals surface area contributed by atoms with Crippen LogP contribution in [0.15, 0.2) is 18.2 Å². The van der Waals surface area contributed by atoms with E-state index in [1.807, 2.05) is 13.0 Å². The van der Waals surface area contributed by atoms with Crippen LogP contribution in [-0.2, 0) is 11.2 Å². The van der Waals surface area contributed by atoms with Gasteiger partial charge in [-0.15, -0.1) is 0 Å². The molecule has 1 aromatic carbocycles. The minimum Gasteiger partial charge on any atom is -0.488 e. The summed E-state index contributed by atoms with van der Waals surface area (Å²) in [4.78, 5) is 0. The van der Waals surface area contributed by atoms with E-state index in [-0.39, 0.29) is 11.9 Å². The molecule has 0 aromatic heterocycles. The Morgan fingerprint density at radius 3 is 2.62 bits per heavy atom. The highest BCUT2D eigenvalue weighted by Gasteiger charge is 2.12. The molecule has 0 heterocycles. The molecular weight excluding hydrogens is 269 g/mol. The van der Waals surface area contributed by atoms with Gasteiger partial charge >= 0.3 is 0 Å². The first-order valence-electron chi connectivity index (χ1n) is 7.78. The van der Waals surface area contributed by atoms with Crippen molar-refractivity contribution < 1.29 is 13.9 Å². The van der Waals surface area contributed by atoms with Gasteiger partial charge in [0.1, 0.15) is 6.61 Å². The van der Waals surface area contributed by atoms with Gasteiger partial charge in [0.2, 0.25) is 0 Å². The molecule has 1 atom stereocenters. The van der Waals surface area contributed by atoms with Gasteiger partial charge in [-0.2, -0.15) is 0 Å². The van der Waals surface area contributed by atoms with Crippen molar-refractivity contribution in [3.05, 3.63) is 29.6 Å². The Kier molecular flexibility index (Phi) is 8.31. The molecule has 2 N–H and O–H groups in total. The molecule has 3 nitrogen and oxygen atoms in total. The fraction of sp³-hybridized carbons (Fsp3) is 0.647. The number of ether oxygens (including phenoxy) is 2. The molecule has 0 aliphatic heterocycles. The maximum atomic E-state index is 13.9. The number of hydrogen-bond donors (Lipinski definition) is 1. The second kappa shape index (κ2) is 9.74. The maximum Gasteiger partial charge on any atom is 0.165 e. The Hall–Kier alpha value is -1.13. The summed E-state index contributed by atoms with van der Waals surface area (Å²) in [5.74, 6) is 0.603. The highest BCUT2D eigenvalue weighted by atomic mass is 19.1. The number of para-hydroxylation sites is 1. The van der Waals surface area contributed by atoms with Crippen molar-refractivity contribution in [2.24, 2.45) is 11.7 Å². The predicted octanol–water partition coefficient (Wildman–Crippen LogP) is 3.55. The van der Waals surface area contributed by atoms with Gasteiger partial charge in [-0.1, -0.05) is 32.9 Å². The van der Waals surface area contributed by atoms with Crippen molar-refractivity contribution in [2.45, 2.75) is 46.1 Å². The van der Waals surface area contributed by atoms with Crippen LogP contribution < -0.4 is 10.5 Å². The molecule has 120 valence electrons. The summed E-state index contributed by atoms with van der Waals surface area (Å²) in [5.41, 5.74) is 6.77. The van der Waals surface area contributed by atoms with Gasteiger partial charge in [0.05, 0.1) is 6.61 Å². The first-order chi connectivity index (χ1) is 10.0. The van der Waals surface area contributed by atoms with E-state index in [1.54, 1.807) is 6.07 Å². The average Bonchev–Trinajstić information content (AvgIpc) is 2.44. The normalized spacial score (nSPS) is 12.7. The van der Waals surface area contributed by atoms with Crippen molar-refractivity contribution in [3.63, 3.8) is 0 Å². The van der Waals surface area contributed by atoms with Crippen molar-refractivity contribution in [3.8, 4) is 5.75 Å². The second-order valence-corrected chi connectivity index (χ2v) is 5.74. The Bertz CT molecular complexity index is 410. The molecule has 1 rings (SSSR count). The number of nitrogens with two attached hydrogens (primary N) is 1. The van der Waals surface area contributed by atoms with Crippen LogP contribution in [0.4, 0.5) is 4.39 Å². The molecule has 1 aromatic rings. The molecule has 0 radical (unpaired) electrons. The van der Waals surface area contributed by atoms with Crippen LogP contribution >= 0.6 is 0 Å². The van der Waals surface area contributed by atoms with E-state index >= 15 is 0 Å². The average molecular weight is 297 g/mol. The van der Waals surface area contributed by atoms with Gasteiger partial charge < -0.3 is 15.2 Å². The van der Waals surface area contributed by atoms with Gasteiger partial charge in [-0.25, -0.2) is 4.39 Å². The Balaban J connectivity index is 2.46. The molecule has 0 bridgehead atoms. The zero-order valence-corrected chi connectivity index (χ0v) is 13.4. The molecular formula is C17H28FNO2. The van der Waals surface area contributed by atoms with E-state index in [0.29, 0.717) is 37.9 Å². The quantitative estimate of drug-likeness (QED) is 0.672. The lowest BCUT2D eigenvalue weighted by molar-refractivity contribution is 0.0909. The predicted molar refractivity (Wildman–Crippen MR) is 84.1 cm³/mol. The number of benzene rings is 1. The van der Waals surface area contributed by atoms with Gasteiger partial charge in [0, 0.05) is 12.6 Å². The van der Waals surface area contributed by atoms with Crippen LogP contribution in [0.3, 0.4) is 0 Å². The van der Waals surface area contributed by atoms with E-state index in [4.69, 9.17) is 15.2 Å². The summed E-state index contributed by atoms with van der Waals surface area (Å²) in [7, 11) is 0. The summed E-state index contributed by atoms with van der Waals surface area (Å²) in [6.45, 7) is 7.87. The molecule has 0 spiro atoms. The summed E-state index contributed by atoms with van der Waals surface area (Å²) < 4.78 is 24.9. The van der Waals surface area contributed by atoms with Crippen LogP contribution in [0.2, 0.25) is 0 Å². The highest BCUT2D eigenvalue weighted by molar-refractivity contribution is 5.35. The Morgan fingerprint density at radius 2 is 1.95 bits per heavy atom. The van der Waals surface area contributed by atoms with Crippen molar-refractivity contribution >= 4 is 0 Å². The molecule has 1 unspecified atom stereocenters. The largest absolute Gasteiger partial charge is 0.488 e. The molecule has 0 aliphatic rings. The minimum absolute atomic E-state index is 0.0245. The summed E-state index contributed by atoms with van der Waals surface area (Å²) in [6.07, 6.45) is 2.50. The lowest BCUT2D eigenvalue weighted by Crippen LogP contribution is -2.22. The number of rotatable bonds is 10.